The summed E-state index contributed by atoms with van der Waals surface area (Å²) in [5.41, 5.74) is 1.85. The zero-order valence-electron chi connectivity index (χ0n) is 18.2. The van der Waals surface area contributed by atoms with E-state index >= 15 is 0 Å². The van der Waals surface area contributed by atoms with Gasteiger partial charge >= 0.3 is 5.97 Å². The Hall–Kier alpha value is -1.44. The van der Waals surface area contributed by atoms with E-state index in [1.54, 1.807) is 0 Å². The highest BCUT2D eigenvalue weighted by Crippen LogP contribution is 2.29. The zero-order valence-corrected chi connectivity index (χ0v) is 19.0. The summed E-state index contributed by atoms with van der Waals surface area (Å²) in [6.45, 7) is 2.90. The van der Waals surface area contributed by atoms with E-state index < -0.39 is 10.0 Å². The predicted octanol–water partition coefficient (Wildman–Crippen LogP) is 3.51. The highest BCUT2D eigenvalue weighted by molar-refractivity contribution is 7.88. The average molecular weight is 437 g/mol. The van der Waals surface area contributed by atoms with Gasteiger partial charge in [-0.25, -0.2) is 13.1 Å². The third kappa shape index (κ3) is 6.79. The molecule has 3 rings (SSSR count). The van der Waals surface area contributed by atoms with Crippen molar-refractivity contribution in [3.63, 3.8) is 0 Å². The van der Waals surface area contributed by atoms with Crippen molar-refractivity contribution in [3.8, 4) is 0 Å². The molecule has 0 saturated heterocycles. The van der Waals surface area contributed by atoms with Gasteiger partial charge in [0.15, 0.2) is 0 Å². The number of nitrogens with one attached hydrogen (secondary N) is 2. The maximum Gasteiger partial charge on any atom is 0.308 e. The molecule has 2 saturated carbocycles. The maximum absolute atomic E-state index is 12.7. The second kappa shape index (κ2) is 10.7. The highest BCUT2D eigenvalue weighted by atomic mass is 32.2. The van der Waals surface area contributed by atoms with E-state index in [1.165, 1.54) is 45.6 Å². The summed E-state index contributed by atoms with van der Waals surface area (Å²) in [5, 5.41) is 3.59. The molecule has 0 aromatic heterocycles. The second-order valence-electron chi connectivity index (χ2n) is 9.06. The van der Waals surface area contributed by atoms with Gasteiger partial charge in [-0.15, -0.1) is 0 Å². The molecule has 1 atom stereocenters. The SMILES string of the molecule is COC(=O)C1CC(NS(=O)(=O)Cc2ccccc2CNC(C)CC2CCCCC2)C1. The van der Waals surface area contributed by atoms with Gasteiger partial charge in [-0.1, -0.05) is 56.4 Å². The minimum absolute atomic E-state index is 0.0404. The number of hydrogen-bond donors (Lipinski definition) is 2. The van der Waals surface area contributed by atoms with Crippen LogP contribution in [0.15, 0.2) is 24.3 Å². The van der Waals surface area contributed by atoms with Crippen LogP contribution in [-0.4, -0.2) is 33.6 Å². The lowest BCUT2D eigenvalue weighted by Crippen LogP contribution is -2.47. The molecular weight excluding hydrogens is 400 g/mol. The van der Waals surface area contributed by atoms with Gasteiger partial charge in [-0.2, -0.15) is 0 Å². The van der Waals surface area contributed by atoms with E-state index in [0.717, 1.165) is 17.0 Å². The first-order valence-corrected chi connectivity index (χ1v) is 12.9. The fourth-order valence-electron chi connectivity index (χ4n) is 4.73. The molecule has 1 unspecified atom stereocenters. The molecule has 0 bridgehead atoms. The van der Waals surface area contributed by atoms with E-state index in [0.29, 0.717) is 25.4 Å². The summed E-state index contributed by atoms with van der Waals surface area (Å²) in [6, 6.07) is 7.97. The number of sulfonamides is 1. The lowest BCUT2D eigenvalue weighted by Gasteiger charge is -2.33. The van der Waals surface area contributed by atoms with Crippen molar-refractivity contribution in [1.29, 1.82) is 0 Å². The second-order valence-corrected chi connectivity index (χ2v) is 10.8. The summed E-state index contributed by atoms with van der Waals surface area (Å²) < 4.78 is 32.8. The summed E-state index contributed by atoms with van der Waals surface area (Å²) in [4.78, 5) is 11.5. The minimum atomic E-state index is -3.46. The van der Waals surface area contributed by atoms with Crippen molar-refractivity contribution in [3.05, 3.63) is 35.4 Å². The number of esters is 1. The molecule has 168 valence electrons. The third-order valence-electron chi connectivity index (χ3n) is 6.54. The molecule has 0 heterocycles. The predicted molar refractivity (Wildman–Crippen MR) is 118 cm³/mol. The maximum atomic E-state index is 12.7. The fraction of sp³-hybridized carbons (Fsp3) is 0.696. The van der Waals surface area contributed by atoms with Crippen LogP contribution in [0.1, 0.15) is 69.4 Å². The van der Waals surface area contributed by atoms with Crippen molar-refractivity contribution in [2.45, 2.75) is 82.7 Å². The Morgan fingerprint density at radius 1 is 1.13 bits per heavy atom. The molecule has 0 radical (unpaired) electrons. The van der Waals surface area contributed by atoms with Gasteiger partial charge in [0.25, 0.3) is 0 Å². The topological polar surface area (TPSA) is 84.5 Å². The standard InChI is InChI=1S/C23H36N2O4S/c1-17(12-18-8-4-3-5-9-18)24-15-19-10-6-7-11-20(19)16-30(27,28)25-22-13-21(14-22)23(26)29-2/h6-7,10-11,17-18,21-22,24-25H,3-5,8-9,12-16H2,1-2H3. The summed E-state index contributed by atoms with van der Waals surface area (Å²) in [7, 11) is -2.10. The number of ether oxygens (including phenoxy) is 1. The minimum Gasteiger partial charge on any atom is -0.469 e. The first kappa shape index (κ1) is 23.2. The van der Waals surface area contributed by atoms with Crippen LogP contribution in [0.25, 0.3) is 0 Å². The number of benzene rings is 1. The molecule has 2 aliphatic rings. The normalized spacial score (nSPS) is 23.5. The van der Waals surface area contributed by atoms with Gasteiger partial charge in [-0.3, -0.25) is 4.79 Å². The number of carbonyl (C=O) groups excluding carboxylic acids is 1. The van der Waals surface area contributed by atoms with Crippen LogP contribution in [0.2, 0.25) is 0 Å². The van der Waals surface area contributed by atoms with Gasteiger partial charge in [0, 0.05) is 18.6 Å². The largest absolute Gasteiger partial charge is 0.469 e. The van der Waals surface area contributed by atoms with E-state index in [-0.39, 0.29) is 23.7 Å². The lowest BCUT2D eigenvalue weighted by molar-refractivity contribution is -0.148. The van der Waals surface area contributed by atoms with Crippen molar-refractivity contribution in [2.24, 2.45) is 11.8 Å². The van der Waals surface area contributed by atoms with Gasteiger partial charge in [0.2, 0.25) is 10.0 Å². The van der Waals surface area contributed by atoms with E-state index in [4.69, 9.17) is 4.74 Å². The van der Waals surface area contributed by atoms with Crippen molar-refractivity contribution >= 4 is 16.0 Å². The molecule has 1 aromatic carbocycles. The quantitative estimate of drug-likeness (QED) is 0.549. The first-order chi connectivity index (χ1) is 14.4. The Bertz CT molecular complexity index is 799. The molecular formula is C23H36N2O4S. The van der Waals surface area contributed by atoms with Crippen LogP contribution in [0.5, 0.6) is 0 Å². The molecule has 1 aromatic rings. The van der Waals surface area contributed by atoms with Crippen LogP contribution >= 0.6 is 0 Å². The molecule has 0 amide bonds. The molecule has 2 fully saturated rings. The van der Waals surface area contributed by atoms with Gasteiger partial charge in [-0.05, 0) is 43.2 Å². The van der Waals surface area contributed by atoms with Crippen molar-refractivity contribution in [1.82, 2.24) is 10.0 Å². The molecule has 2 N–H and O–H groups in total. The Kier molecular flexibility index (Phi) is 8.31. The Morgan fingerprint density at radius 2 is 1.80 bits per heavy atom. The summed E-state index contributed by atoms with van der Waals surface area (Å²) >= 11 is 0. The number of carbonyl (C=O) groups is 1. The zero-order chi connectivity index (χ0) is 21.6. The Balaban J connectivity index is 1.50. The molecule has 0 spiro atoms. The monoisotopic (exact) mass is 436 g/mol. The fourth-order valence-corrected chi connectivity index (χ4v) is 6.21. The van der Waals surface area contributed by atoms with Crippen LogP contribution in [0.4, 0.5) is 0 Å². The van der Waals surface area contributed by atoms with Crippen LogP contribution < -0.4 is 10.0 Å². The number of methoxy groups -OCH3 is 1. The molecule has 30 heavy (non-hydrogen) atoms. The van der Waals surface area contributed by atoms with Crippen LogP contribution in [0, 0.1) is 11.8 Å². The summed E-state index contributed by atoms with van der Waals surface area (Å²) in [5.74, 6) is 0.327. The smallest absolute Gasteiger partial charge is 0.308 e. The van der Waals surface area contributed by atoms with Gasteiger partial charge < -0.3 is 10.1 Å². The van der Waals surface area contributed by atoms with E-state index in [2.05, 4.69) is 17.0 Å². The number of hydrogen-bond acceptors (Lipinski definition) is 5. The van der Waals surface area contributed by atoms with Crippen LogP contribution in [0.3, 0.4) is 0 Å². The average Bonchev–Trinajstić information content (AvgIpc) is 2.70. The van der Waals surface area contributed by atoms with E-state index in [9.17, 15) is 13.2 Å². The Morgan fingerprint density at radius 3 is 2.47 bits per heavy atom. The first-order valence-electron chi connectivity index (χ1n) is 11.2. The molecule has 6 nitrogen and oxygen atoms in total. The highest BCUT2D eigenvalue weighted by Gasteiger charge is 2.37. The lowest BCUT2D eigenvalue weighted by atomic mass is 9.81. The van der Waals surface area contributed by atoms with Gasteiger partial charge in [0.1, 0.15) is 0 Å². The van der Waals surface area contributed by atoms with E-state index in [1.807, 2.05) is 24.3 Å². The van der Waals surface area contributed by atoms with Gasteiger partial charge in [0.05, 0.1) is 18.8 Å². The molecule has 0 aliphatic heterocycles. The van der Waals surface area contributed by atoms with Crippen molar-refractivity contribution in [2.75, 3.05) is 7.11 Å². The summed E-state index contributed by atoms with van der Waals surface area (Å²) in [6.07, 6.45) is 8.96. The third-order valence-corrected chi connectivity index (χ3v) is 7.92. The van der Waals surface area contributed by atoms with Crippen molar-refractivity contribution < 1.29 is 17.9 Å². The molecule has 7 heteroatoms. The Labute approximate surface area is 181 Å². The number of rotatable bonds is 10. The molecule has 2 aliphatic carbocycles. The van der Waals surface area contributed by atoms with Crippen LogP contribution in [-0.2, 0) is 31.9 Å².